The van der Waals surface area contributed by atoms with Crippen LogP contribution in [-0.2, 0) is 4.74 Å². The Morgan fingerprint density at radius 2 is 2.24 bits per heavy atom. The second-order valence-electron chi connectivity index (χ2n) is 4.31. The Kier molecular flexibility index (Phi) is 3.70. The number of aromatic nitrogens is 1. The molecule has 0 aliphatic heterocycles. The van der Waals surface area contributed by atoms with Crippen LogP contribution in [0.5, 0.6) is 0 Å². The Balaban J connectivity index is 1.79. The van der Waals surface area contributed by atoms with Gasteiger partial charge >= 0.3 is 5.97 Å². The highest BCUT2D eigenvalue weighted by Gasteiger charge is 2.12. The number of carbonyl (C=O) groups excluding carboxylic acids is 1. The van der Waals surface area contributed by atoms with E-state index in [9.17, 15) is 4.79 Å². The lowest BCUT2D eigenvalue weighted by Gasteiger charge is -2.00. The summed E-state index contributed by atoms with van der Waals surface area (Å²) in [5.41, 5.74) is 5.56. The molecule has 0 aliphatic carbocycles. The Labute approximate surface area is 125 Å². The minimum Gasteiger partial charge on any atom is -0.465 e. The second-order valence-corrected chi connectivity index (χ2v) is 5.23. The van der Waals surface area contributed by atoms with E-state index in [2.05, 4.69) is 15.5 Å². The zero-order valence-electron chi connectivity index (χ0n) is 11.3. The number of para-hydroxylation sites is 1. The lowest BCUT2D eigenvalue weighted by Crippen LogP contribution is -2.01. The van der Waals surface area contributed by atoms with E-state index in [-0.39, 0.29) is 5.97 Å². The maximum Gasteiger partial charge on any atom is 0.350 e. The van der Waals surface area contributed by atoms with Crippen LogP contribution in [-0.4, -0.2) is 24.3 Å². The van der Waals surface area contributed by atoms with Crippen molar-refractivity contribution in [2.24, 2.45) is 5.10 Å². The molecule has 3 rings (SSSR count). The molecule has 0 bridgehead atoms. The van der Waals surface area contributed by atoms with Gasteiger partial charge in [0.05, 0.1) is 19.0 Å². The lowest BCUT2D eigenvalue weighted by molar-refractivity contribution is 0.0607. The number of thiophene rings is 1. The SMILES string of the molecule is COC(=O)c1sccc1N/N=C\c1c[nH]c2ccccc12. The molecule has 1 aromatic carbocycles. The summed E-state index contributed by atoms with van der Waals surface area (Å²) >= 11 is 1.32. The van der Waals surface area contributed by atoms with Crippen LogP contribution in [0.2, 0.25) is 0 Å². The van der Waals surface area contributed by atoms with E-state index in [1.54, 1.807) is 12.3 Å². The van der Waals surface area contributed by atoms with Crippen LogP contribution in [0.1, 0.15) is 15.2 Å². The van der Waals surface area contributed by atoms with E-state index >= 15 is 0 Å². The highest BCUT2D eigenvalue weighted by atomic mass is 32.1. The fourth-order valence-corrected chi connectivity index (χ4v) is 2.78. The van der Waals surface area contributed by atoms with Gasteiger partial charge in [-0.1, -0.05) is 18.2 Å². The number of benzene rings is 1. The Hall–Kier alpha value is -2.60. The molecule has 2 aromatic heterocycles. The predicted octanol–water partition coefficient (Wildman–Crippen LogP) is 3.46. The van der Waals surface area contributed by atoms with Crippen molar-refractivity contribution in [2.75, 3.05) is 12.5 Å². The van der Waals surface area contributed by atoms with E-state index in [1.807, 2.05) is 35.8 Å². The molecule has 2 N–H and O–H groups in total. The van der Waals surface area contributed by atoms with Crippen molar-refractivity contribution in [1.29, 1.82) is 0 Å². The van der Waals surface area contributed by atoms with Crippen molar-refractivity contribution in [1.82, 2.24) is 4.98 Å². The number of nitrogens with zero attached hydrogens (tertiary/aromatic N) is 1. The number of carbonyl (C=O) groups is 1. The van der Waals surface area contributed by atoms with Gasteiger partial charge in [-0.3, -0.25) is 5.43 Å². The minimum atomic E-state index is -0.366. The van der Waals surface area contributed by atoms with E-state index in [1.165, 1.54) is 18.4 Å². The number of anilines is 1. The van der Waals surface area contributed by atoms with Crippen LogP contribution in [0.4, 0.5) is 5.69 Å². The predicted molar refractivity (Wildman–Crippen MR) is 85.2 cm³/mol. The molecule has 21 heavy (non-hydrogen) atoms. The van der Waals surface area contributed by atoms with Crippen molar-refractivity contribution >= 4 is 40.1 Å². The lowest BCUT2D eigenvalue weighted by atomic mass is 10.2. The highest BCUT2D eigenvalue weighted by Crippen LogP contribution is 2.23. The molecule has 0 unspecified atom stereocenters. The van der Waals surface area contributed by atoms with Gasteiger partial charge in [-0.2, -0.15) is 5.10 Å². The third kappa shape index (κ3) is 2.66. The molecule has 0 amide bonds. The van der Waals surface area contributed by atoms with E-state index in [0.717, 1.165) is 16.5 Å². The number of aromatic amines is 1. The minimum absolute atomic E-state index is 0.366. The molecule has 2 heterocycles. The first-order chi connectivity index (χ1) is 10.3. The number of nitrogens with one attached hydrogen (secondary N) is 2. The van der Waals surface area contributed by atoms with Gasteiger partial charge in [-0.15, -0.1) is 11.3 Å². The van der Waals surface area contributed by atoms with Crippen molar-refractivity contribution in [3.05, 3.63) is 52.3 Å². The van der Waals surface area contributed by atoms with Gasteiger partial charge in [0.1, 0.15) is 4.88 Å². The number of H-pyrrole nitrogens is 1. The normalized spacial score (nSPS) is 11.1. The number of hydrazone groups is 1. The molecule has 5 nitrogen and oxygen atoms in total. The summed E-state index contributed by atoms with van der Waals surface area (Å²) < 4.78 is 4.72. The summed E-state index contributed by atoms with van der Waals surface area (Å²) in [5, 5.41) is 7.10. The summed E-state index contributed by atoms with van der Waals surface area (Å²) in [6.45, 7) is 0. The largest absolute Gasteiger partial charge is 0.465 e. The summed E-state index contributed by atoms with van der Waals surface area (Å²) in [5.74, 6) is -0.366. The fraction of sp³-hybridized carbons (Fsp3) is 0.0667. The van der Waals surface area contributed by atoms with Crippen LogP contribution < -0.4 is 5.43 Å². The number of methoxy groups -OCH3 is 1. The molecule has 106 valence electrons. The molecular weight excluding hydrogens is 286 g/mol. The van der Waals surface area contributed by atoms with Gasteiger partial charge < -0.3 is 9.72 Å². The topological polar surface area (TPSA) is 66.5 Å². The maximum absolute atomic E-state index is 11.6. The molecule has 0 saturated heterocycles. The first kappa shape index (κ1) is 13.4. The summed E-state index contributed by atoms with van der Waals surface area (Å²) in [4.78, 5) is 15.2. The van der Waals surface area contributed by atoms with Crippen molar-refractivity contribution < 1.29 is 9.53 Å². The Bertz CT molecular complexity index is 804. The number of rotatable bonds is 4. The van der Waals surface area contributed by atoms with Crippen molar-refractivity contribution in [3.63, 3.8) is 0 Å². The van der Waals surface area contributed by atoms with E-state index in [4.69, 9.17) is 4.74 Å². The molecule has 3 aromatic rings. The van der Waals surface area contributed by atoms with Crippen molar-refractivity contribution in [2.45, 2.75) is 0 Å². The number of fused-ring (bicyclic) bond motifs is 1. The van der Waals surface area contributed by atoms with Gasteiger partial charge in [0.15, 0.2) is 0 Å². The van der Waals surface area contributed by atoms with Crippen LogP contribution in [0.25, 0.3) is 10.9 Å². The molecular formula is C15H13N3O2S. The Morgan fingerprint density at radius 1 is 1.38 bits per heavy atom. The smallest absolute Gasteiger partial charge is 0.350 e. The third-order valence-electron chi connectivity index (χ3n) is 3.05. The quantitative estimate of drug-likeness (QED) is 0.440. The van der Waals surface area contributed by atoms with Gasteiger partial charge in [-0.05, 0) is 17.5 Å². The van der Waals surface area contributed by atoms with Gasteiger partial charge in [0.25, 0.3) is 0 Å². The molecule has 0 fully saturated rings. The highest BCUT2D eigenvalue weighted by molar-refractivity contribution is 7.12. The zero-order chi connectivity index (χ0) is 14.7. The molecule has 0 saturated carbocycles. The monoisotopic (exact) mass is 299 g/mol. The number of hydrogen-bond acceptors (Lipinski definition) is 5. The Morgan fingerprint density at radius 3 is 3.10 bits per heavy atom. The maximum atomic E-state index is 11.6. The first-order valence-electron chi connectivity index (χ1n) is 6.30. The van der Waals surface area contributed by atoms with Crippen LogP contribution in [0.15, 0.2) is 47.0 Å². The molecule has 0 radical (unpaired) electrons. The van der Waals surface area contributed by atoms with Crippen LogP contribution in [0.3, 0.4) is 0 Å². The summed E-state index contributed by atoms with van der Waals surface area (Å²) in [6, 6.07) is 9.79. The second kappa shape index (κ2) is 5.80. The average Bonchev–Trinajstić information content (AvgIpc) is 3.14. The van der Waals surface area contributed by atoms with E-state index in [0.29, 0.717) is 10.6 Å². The molecule has 0 atom stereocenters. The standard InChI is InChI=1S/C15H13N3O2S/c1-20-15(19)14-13(6-7-21-14)18-17-9-10-8-16-12-5-3-2-4-11(10)12/h2-9,16,18H,1H3/b17-9-. The van der Waals surface area contributed by atoms with Crippen molar-refractivity contribution in [3.8, 4) is 0 Å². The number of esters is 1. The van der Waals surface area contributed by atoms with Gasteiger partial charge in [0, 0.05) is 22.7 Å². The summed E-state index contributed by atoms with van der Waals surface area (Å²) in [6.07, 6.45) is 3.61. The average molecular weight is 299 g/mol. The van der Waals surface area contributed by atoms with E-state index < -0.39 is 0 Å². The number of hydrogen-bond donors (Lipinski definition) is 2. The molecule has 0 spiro atoms. The fourth-order valence-electron chi connectivity index (χ4n) is 2.02. The summed E-state index contributed by atoms with van der Waals surface area (Å²) in [7, 11) is 1.36. The van der Waals surface area contributed by atoms with Gasteiger partial charge in [0.2, 0.25) is 0 Å². The molecule has 6 heteroatoms. The first-order valence-corrected chi connectivity index (χ1v) is 7.18. The van der Waals surface area contributed by atoms with Crippen LogP contribution in [0, 0.1) is 0 Å². The zero-order valence-corrected chi connectivity index (χ0v) is 12.1. The van der Waals surface area contributed by atoms with Crippen LogP contribution >= 0.6 is 11.3 Å². The van der Waals surface area contributed by atoms with Gasteiger partial charge in [-0.25, -0.2) is 4.79 Å². The third-order valence-corrected chi connectivity index (χ3v) is 3.94. The number of ether oxygens (including phenoxy) is 1. The molecule has 0 aliphatic rings.